The predicted octanol–water partition coefficient (Wildman–Crippen LogP) is 4.34. The van der Waals surface area contributed by atoms with Crippen LogP contribution in [0.1, 0.15) is 24.4 Å². The van der Waals surface area contributed by atoms with Gasteiger partial charge in [0.1, 0.15) is 0 Å². The van der Waals surface area contributed by atoms with E-state index in [4.69, 9.17) is 28.9 Å². The minimum atomic E-state index is -4.22. The van der Waals surface area contributed by atoms with Gasteiger partial charge in [-0.2, -0.15) is 13.2 Å². The van der Waals surface area contributed by atoms with Crippen LogP contribution in [0.5, 0.6) is 0 Å². The molecule has 90 valence electrons. The van der Waals surface area contributed by atoms with E-state index < -0.39 is 18.6 Å². The molecule has 0 bridgehead atoms. The molecule has 0 aliphatic rings. The Hall–Kier alpha value is -0.450. The summed E-state index contributed by atoms with van der Waals surface area (Å²) in [5.74, 6) is 0. The highest BCUT2D eigenvalue weighted by molar-refractivity contribution is 6.36. The third-order valence-electron chi connectivity index (χ3n) is 2.11. The van der Waals surface area contributed by atoms with Crippen molar-refractivity contribution in [2.45, 2.75) is 25.1 Å². The maximum atomic E-state index is 12.0. The molecular weight excluding hydrogens is 262 g/mol. The van der Waals surface area contributed by atoms with Crippen LogP contribution in [0.25, 0.3) is 0 Å². The molecule has 1 aromatic carbocycles. The minimum absolute atomic E-state index is 0.229. The molecule has 16 heavy (non-hydrogen) atoms. The summed E-state index contributed by atoms with van der Waals surface area (Å²) in [6.45, 7) is 0. The maximum absolute atomic E-state index is 12.0. The van der Waals surface area contributed by atoms with Crippen LogP contribution < -0.4 is 5.73 Å². The Kier molecular flexibility index (Phi) is 4.47. The van der Waals surface area contributed by atoms with Crippen LogP contribution in [0.3, 0.4) is 0 Å². The van der Waals surface area contributed by atoms with Gasteiger partial charge in [-0.1, -0.05) is 29.3 Å². The van der Waals surface area contributed by atoms with Crippen molar-refractivity contribution in [3.05, 3.63) is 33.8 Å². The summed E-state index contributed by atoms with van der Waals surface area (Å²) < 4.78 is 36.0. The van der Waals surface area contributed by atoms with E-state index in [-0.39, 0.29) is 6.42 Å². The lowest BCUT2D eigenvalue weighted by Crippen LogP contribution is -2.16. The van der Waals surface area contributed by atoms with Crippen LogP contribution in [0.15, 0.2) is 18.2 Å². The second-order valence-corrected chi connectivity index (χ2v) is 4.21. The molecule has 1 atom stereocenters. The van der Waals surface area contributed by atoms with Gasteiger partial charge in [-0.3, -0.25) is 0 Å². The third-order valence-corrected chi connectivity index (χ3v) is 2.77. The van der Waals surface area contributed by atoms with E-state index in [2.05, 4.69) is 0 Å². The van der Waals surface area contributed by atoms with E-state index in [1.165, 1.54) is 0 Å². The molecule has 0 aliphatic heterocycles. The Bertz CT molecular complexity index is 345. The van der Waals surface area contributed by atoms with Gasteiger partial charge in [0.15, 0.2) is 0 Å². The predicted molar refractivity (Wildman–Crippen MR) is 58.7 cm³/mol. The molecule has 0 fully saturated rings. The smallest absolute Gasteiger partial charge is 0.324 e. The van der Waals surface area contributed by atoms with Crippen LogP contribution in [0.4, 0.5) is 13.2 Å². The van der Waals surface area contributed by atoms with Crippen LogP contribution in [-0.2, 0) is 0 Å². The van der Waals surface area contributed by atoms with Gasteiger partial charge in [-0.25, -0.2) is 0 Å². The molecule has 0 aliphatic carbocycles. The summed E-state index contributed by atoms with van der Waals surface area (Å²) in [4.78, 5) is 0. The van der Waals surface area contributed by atoms with Gasteiger partial charge >= 0.3 is 6.18 Å². The van der Waals surface area contributed by atoms with Crippen molar-refractivity contribution >= 4 is 23.2 Å². The largest absolute Gasteiger partial charge is 0.389 e. The van der Waals surface area contributed by atoms with Gasteiger partial charge in [0, 0.05) is 28.1 Å². The summed E-state index contributed by atoms with van der Waals surface area (Å²) in [6.07, 6.45) is -5.39. The normalized spacial score (nSPS) is 13.9. The van der Waals surface area contributed by atoms with Crippen molar-refractivity contribution in [2.24, 2.45) is 5.73 Å². The van der Waals surface area contributed by atoms with Gasteiger partial charge in [-0.05, 0) is 18.6 Å². The Morgan fingerprint density at radius 2 is 1.69 bits per heavy atom. The summed E-state index contributed by atoms with van der Waals surface area (Å²) in [6, 6.07) is 3.92. The lowest BCUT2D eigenvalue weighted by Gasteiger charge is -2.16. The number of nitrogens with two attached hydrogens (primary N) is 1. The SMILES string of the molecule is NC(CCC(F)(F)F)c1c(Cl)cccc1Cl. The number of halogens is 5. The molecule has 0 saturated carbocycles. The molecule has 1 nitrogen and oxygen atoms in total. The molecule has 1 aromatic rings. The topological polar surface area (TPSA) is 26.0 Å². The van der Waals surface area contributed by atoms with E-state index >= 15 is 0 Å². The molecule has 0 heterocycles. The molecule has 0 spiro atoms. The van der Waals surface area contributed by atoms with Crippen LogP contribution in [-0.4, -0.2) is 6.18 Å². The first-order chi connectivity index (χ1) is 7.31. The molecule has 1 unspecified atom stereocenters. The zero-order valence-electron chi connectivity index (χ0n) is 8.19. The number of benzene rings is 1. The van der Waals surface area contributed by atoms with Gasteiger partial charge in [0.25, 0.3) is 0 Å². The van der Waals surface area contributed by atoms with Crippen molar-refractivity contribution in [2.75, 3.05) is 0 Å². The van der Waals surface area contributed by atoms with E-state index in [1.54, 1.807) is 18.2 Å². The molecule has 0 saturated heterocycles. The average Bonchev–Trinajstić information content (AvgIpc) is 2.13. The van der Waals surface area contributed by atoms with Gasteiger partial charge in [0.05, 0.1) is 0 Å². The number of alkyl halides is 3. The third kappa shape index (κ3) is 3.85. The van der Waals surface area contributed by atoms with Crippen LogP contribution in [0, 0.1) is 0 Å². The fraction of sp³-hybridized carbons (Fsp3) is 0.400. The van der Waals surface area contributed by atoms with Crippen molar-refractivity contribution in [1.29, 1.82) is 0 Å². The van der Waals surface area contributed by atoms with E-state index in [1.807, 2.05) is 0 Å². The van der Waals surface area contributed by atoms with Crippen molar-refractivity contribution in [3.8, 4) is 0 Å². The first-order valence-corrected chi connectivity index (χ1v) is 5.33. The van der Waals surface area contributed by atoms with Crippen LogP contribution in [0.2, 0.25) is 10.0 Å². The molecule has 6 heteroatoms. The standard InChI is InChI=1S/C10H10Cl2F3N/c11-6-2-1-3-7(12)9(6)8(16)4-5-10(13,14)15/h1-3,8H,4-5,16H2. The summed E-state index contributed by atoms with van der Waals surface area (Å²) in [5.41, 5.74) is 6.01. The first-order valence-electron chi connectivity index (χ1n) is 4.57. The highest BCUT2D eigenvalue weighted by atomic mass is 35.5. The van der Waals surface area contributed by atoms with Crippen molar-refractivity contribution < 1.29 is 13.2 Å². The molecular formula is C10H10Cl2F3N. The first kappa shape index (κ1) is 13.6. The number of hydrogen-bond acceptors (Lipinski definition) is 1. The Labute approximate surface area is 101 Å². The number of hydrogen-bond donors (Lipinski definition) is 1. The molecule has 0 aromatic heterocycles. The van der Waals surface area contributed by atoms with E-state index in [0.717, 1.165) is 0 Å². The summed E-state index contributed by atoms with van der Waals surface area (Å²) in [7, 11) is 0. The average molecular weight is 272 g/mol. The lowest BCUT2D eigenvalue weighted by molar-refractivity contribution is -0.136. The fourth-order valence-electron chi connectivity index (χ4n) is 1.33. The monoisotopic (exact) mass is 271 g/mol. The zero-order chi connectivity index (χ0) is 12.3. The number of rotatable bonds is 3. The van der Waals surface area contributed by atoms with E-state index in [0.29, 0.717) is 15.6 Å². The van der Waals surface area contributed by atoms with Crippen molar-refractivity contribution in [3.63, 3.8) is 0 Å². The molecule has 0 amide bonds. The second-order valence-electron chi connectivity index (χ2n) is 3.40. The fourth-order valence-corrected chi connectivity index (χ4v) is 2.01. The quantitative estimate of drug-likeness (QED) is 0.870. The second kappa shape index (κ2) is 5.25. The van der Waals surface area contributed by atoms with Gasteiger partial charge in [-0.15, -0.1) is 0 Å². The zero-order valence-corrected chi connectivity index (χ0v) is 9.70. The Morgan fingerprint density at radius 1 is 1.19 bits per heavy atom. The van der Waals surface area contributed by atoms with E-state index in [9.17, 15) is 13.2 Å². The Balaban J connectivity index is 2.77. The maximum Gasteiger partial charge on any atom is 0.389 e. The van der Waals surface area contributed by atoms with Gasteiger partial charge in [0.2, 0.25) is 0 Å². The van der Waals surface area contributed by atoms with Crippen LogP contribution >= 0.6 is 23.2 Å². The highest BCUT2D eigenvalue weighted by Crippen LogP contribution is 2.33. The van der Waals surface area contributed by atoms with Crippen molar-refractivity contribution in [1.82, 2.24) is 0 Å². The Morgan fingerprint density at radius 3 is 2.12 bits per heavy atom. The summed E-state index contributed by atoms with van der Waals surface area (Å²) >= 11 is 11.7. The molecule has 2 N–H and O–H groups in total. The molecule has 0 radical (unpaired) electrons. The highest BCUT2D eigenvalue weighted by Gasteiger charge is 2.28. The summed E-state index contributed by atoms with van der Waals surface area (Å²) in [5, 5.41) is 0.587. The molecule has 1 rings (SSSR count). The lowest BCUT2D eigenvalue weighted by atomic mass is 10.0. The van der Waals surface area contributed by atoms with Gasteiger partial charge < -0.3 is 5.73 Å². The minimum Gasteiger partial charge on any atom is -0.324 e.